The molecule has 0 spiro atoms. The van der Waals surface area contributed by atoms with Gasteiger partial charge in [-0.25, -0.2) is 4.98 Å². The van der Waals surface area contributed by atoms with Gasteiger partial charge < -0.3 is 19.2 Å². The van der Waals surface area contributed by atoms with Gasteiger partial charge in [-0.2, -0.15) is 0 Å². The van der Waals surface area contributed by atoms with E-state index in [-0.39, 0.29) is 5.92 Å². The molecule has 186 valence electrons. The molecule has 1 atom stereocenters. The van der Waals surface area contributed by atoms with E-state index in [1.54, 1.807) is 7.11 Å². The number of likely N-dealkylation sites (tertiary alicyclic amines) is 1. The molecular weight excluding hydrogens is 460 g/mol. The van der Waals surface area contributed by atoms with E-state index >= 15 is 0 Å². The van der Waals surface area contributed by atoms with Gasteiger partial charge in [0.05, 0.1) is 18.1 Å². The zero-order valence-electron chi connectivity index (χ0n) is 21.0. The molecule has 37 heavy (non-hydrogen) atoms. The molecule has 0 radical (unpaired) electrons. The van der Waals surface area contributed by atoms with Crippen LogP contribution in [0.4, 0.5) is 0 Å². The number of ether oxygens (including phenoxy) is 1. The first kappa shape index (κ1) is 22.2. The van der Waals surface area contributed by atoms with Crippen LogP contribution in [0.3, 0.4) is 0 Å². The highest BCUT2D eigenvalue weighted by Crippen LogP contribution is 2.35. The number of imidazole rings is 1. The van der Waals surface area contributed by atoms with Crippen molar-refractivity contribution in [2.45, 2.75) is 25.8 Å². The Morgan fingerprint density at radius 3 is 2.59 bits per heavy atom. The molecule has 1 aliphatic heterocycles. The summed E-state index contributed by atoms with van der Waals surface area (Å²) in [5.41, 5.74) is 6.65. The number of benzene rings is 3. The van der Waals surface area contributed by atoms with Gasteiger partial charge in [-0.05, 0) is 72.0 Å². The minimum Gasteiger partial charge on any atom is -0.497 e. The summed E-state index contributed by atoms with van der Waals surface area (Å²) in [5.74, 6) is 2.84. The molecule has 5 aromatic rings. The van der Waals surface area contributed by atoms with Gasteiger partial charge in [0.1, 0.15) is 11.6 Å². The fourth-order valence-corrected chi connectivity index (χ4v) is 5.71. The lowest BCUT2D eigenvalue weighted by molar-refractivity contribution is -0.131. The quantitative estimate of drug-likeness (QED) is 0.312. The lowest BCUT2D eigenvalue weighted by atomic mass is 10.0. The molecule has 1 N–H and O–H groups in total. The third-order valence-corrected chi connectivity index (χ3v) is 7.95. The van der Waals surface area contributed by atoms with Crippen LogP contribution in [0.25, 0.3) is 44.5 Å². The number of nitrogens with zero attached hydrogens (tertiary/aromatic N) is 3. The highest BCUT2D eigenvalue weighted by atomic mass is 16.5. The summed E-state index contributed by atoms with van der Waals surface area (Å²) in [6, 6.07) is 23.4. The van der Waals surface area contributed by atoms with Crippen LogP contribution in [0.5, 0.6) is 5.75 Å². The van der Waals surface area contributed by atoms with E-state index in [2.05, 4.69) is 69.0 Å². The van der Waals surface area contributed by atoms with Gasteiger partial charge in [-0.15, -0.1) is 0 Å². The van der Waals surface area contributed by atoms with Gasteiger partial charge in [0.2, 0.25) is 5.91 Å². The zero-order valence-corrected chi connectivity index (χ0v) is 21.0. The van der Waals surface area contributed by atoms with Crippen LogP contribution in [-0.4, -0.2) is 45.5 Å². The second-order valence-corrected chi connectivity index (χ2v) is 10.5. The maximum absolute atomic E-state index is 12.6. The Labute approximate surface area is 215 Å². The number of nitrogens with one attached hydrogen (secondary N) is 1. The average Bonchev–Trinajstić information content (AvgIpc) is 3.33. The normalized spacial score (nSPS) is 17.6. The van der Waals surface area contributed by atoms with Crippen LogP contribution in [-0.2, 0) is 11.3 Å². The van der Waals surface area contributed by atoms with Crippen LogP contribution in [0, 0.1) is 11.8 Å². The van der Waals surface area contributed by atoms with Crippen molar-refractivity contribution in [1.29, 1.82) is 0 Å². The summed E-state index contributed by atoms with van der Waals surface area (Å²) < 4.78 is 7.87. The molecule has 7 rings (SSSR count). The molecule has 6 nitrogen and oxygen atoms in total. The Morgan fingerprint density at radius 2 is 1.78 bits per heavy atom. The van der Waals surface area contributed by atoms with E-state index in [0.29, 0.717) is 11.8 Å². The number of carbonyl (C=O) groups excluding carboxylic acids is 1. The van der Waals surface area contributed by atoms with E-state index < -0.39 is 0 Å². The maximum atomic E-state index is 12.6. The number of amides is 1. The van der Waals surface area contributed by atoms with Gasteiger partial charge >= 0.3 is 0 Å². The summed E-state index contributed by atoms with van der Waals surface area (Å²) >= 11 is 0. The molecule has 1 aliphatic carbocycles. The molecule has 3 heterocycles. The summed E-state index contributed by atoms with van der Waals surface area (Å²) in [6.45, 7) is 2.53. The second-order valence-electron chi connectivity index (χ2n) is 10.5. The molecule has 2 aromatic heterocycles. The Balaban J connectivity index is 1.22. The summed E-state index contributed by atoms with van der Waals surface area (Å²) in [4.78, 5) is 23.0. The predicted octanol–water partition coefficient (Wildman–Crippen LogP) is 6.12. The molecule has 1 saturated heterocycles. The number of methoxy groups -OCH3 is 1. The fraction of sp³-hybridized carbons (Fsp3) is 0.290. The van der Waals surface area contributed by atoms with Crippen LogP contribution in [0.15, 0.2) is 72.9 Å². The highest BCUT2D eigenvalue weighted by Gasteiger charge is 2.36. The zero-order chi connectivity index (χ0) is 24.9. The number of hydrogen-bond acceptors (Lipinski definition) is 3. The molecule has 3 aromatic carbocycles. The molecule has 2 aliphatic rings. The maximum Gasteiger partial charge on any atom is 0.225 e. The summed E-state index contributed by atoms with van der Waals surface area (Å²) in [6.07, 6.45) is 5.13. The Bertz CT molecular complexity index is 1610. The first-order valence-electron chi connectivity index (χ1n) is 13.2. The highest BCUT2D eigenvalue weighted by molar-refractivity contribution is 5.86. The van der Waals surface area contributed by atoms with Crippen LogP contribution in [0.1, 0.15) is 19.3 Å². The van der Waals surface area contributed by atoms with Gasteiger partial charge in [0, 0.05) is 48.9 Å². The van der Waals surface area contributed by atoms with E-state index in [0.717, 1.165) is 72.6 Å². The number of aromatic nitrogens is 3. The predicted molar refractivity (Wildman–Crippen MR) is 146 cm³/mol. The number of H-pyrrole nitrogens is 1. The third kappa shape index (κ3) is 4.06. The Morgan fingerprint density at radius 1 is 0.973 bits per heavy atom. The number of aromatic amines is 1. The second kappa shape index (κ2) is 8.80. The van der Waals surface area contributed by atoms with Gasteiger partial charge in [0.25, 0.3) is 0 Å². The minimum absolute atomic E-state index is 0.282. The first-order chi connectivity index (χ1) is 18.2. The average molecular weight is 491 g/mol. The number of carbonyl (C=O) groups is 1. The third-order valence-electron chi connectivity index (χ3n) is 7.95. The van der Waals surface area contributed by atoms with Crippen LogP contribution >= 0.6 is 0 Å². The van der Waals surface area contributed by atoms with Crippen molar-refractivity contribution in [2.24, 2.45) is 11.8 Å². The number of fused-ring (bicyclic) bond motifs is 2. The number of hydrogen-bond donors (Lipinski definition) is 1. The van der Waals surface area contributed by atoms with Crippen LogP contribution in [0.2, 0.25) is 0 Å². The van der Waals surface area contributed by atoms with Gasteiger partial charge in [0.15, 0.2) is 0 Å². The lowest BCUT2D eigenvalue weighted by Crippen LogP contribution is -2.30. The van der Waals surface area contributed by atoms with E-state index in [1.807, 2.05) is 18.3 Å². The minimum atomic E-state index is 0.282. The largest absolute Gasteiger partial charge is 0.497 e. The summed E-state index contributed by atoms with van der Waals surface area (Å²) in [5, 5.41) is 1.21. The fourth-order valence-electron chi connectivity index (χ4n) is 5.71. The lowest BCUT2D eigenvalue weighted by Gasteiger charge is -2.18. The van der Waals surface area contributed by atoms with Gasteiger partial charge in [-0.3, -0.25) is 4.79 Å². The standard InChI is InChI=1S/C31H30N4O2/c1-37-26-9-11-28-29(17-26)35(19-20-13-15-34(18-20)31(36)23-6-7-23)30(33-28)22-4-2-21(3-5-22)24-8-10-27-25(16-24)12-14-32-27/h2-5,8-12,14,16-17,20,23,32H,6-7,13,15,18-19H2,1H3/t20-/m1/s1. The molecule has 1 saturated carbocycles. The molecule has 0 unspecified atom stereocenters. The van der Waals surface area contributed by atoms with Crippen molar-refractivity contribution < 1.29 is 9.53 Å². The number of rotatable bonds is 6. The Hall–Kier alpha value is -4.06. The van der Waals surface area contributed by atoms with Crippen molar-refractivity contribution in [2.75, 3.05) is 20.2 Å². The van der Waals surface area contributed by atoms with E-state index in [4.69, 9.17) is 9.72 Å². The molecular formula is C31H30N4O2. The topological polar surface area (TPSA) is 63.1 Å². The van der Waals surface area contributed by atoms with Crippen molar-refractivity contribution in [1.82, 2.24) is 19.4 Å². The monoisotopic (exact) mass is 490 g/mol. The smallest absolute Gasteiger partial charge is 0.225 e. The molecule has 2 fully saturated rings. The van der Waals surface area contributed by atoms with E-state index in [9.17, 15) is 4.79 Å². The summed E-state index contributed by atoms with van der Waals surface area (Å²) in [7, 11) is 1.70. The van der Waals surface area contributed by atoms with E-state index in [1.165, 1.54) is 16.5 Å². The SMILES string of the molecule is COc1ccc2nc(-c3ccc(-c4ccc5[nH]ccc5c4)cc3)n(C[C@@H]3CCN(C(=O)C4CC4)C3)c2c1. The van der Waals surface area contributed by atoms with Crippen molar-refractivity contribution in [3.63, 3.8) is 0 Å². The molecule has 0 bridgehead atoms. The van der Waals surface area contributed by atoms with Crippen molar-refractivity contribution in [3.8, 4) is 28.3 Å². The van der Waals surface area contributed by atoms with Crippen molar-refractivity contribution >= 4 is 27.8 Å². The van der Waals surface area contributed by atoms with Gasteiger partial charge in [-0.1, -0.05) is 30.3 Å². The first-order valence-corrected chi connectivity index (χ1v) is 13.2. The molecule has 1 amide bonds. The molecule has 6 heteroatoms. The van der Waals surface area contributed by atoms with Crippen molar-refractivity contribution in [3.05, 3.63) is 72.9 Å². The Kier molecular flexibility index (Phi) is 5.27. The van der Waals surface area contributed by atoms with Crippen LogP contribution < -0.4 is 4.74 Å².